The number of benzene rings is 1. The van der Waals surface area contributed by atoms with Crippen molar-refractivity contribution in [3.63, 3.8) is 0 Å². The highest BCUT2D eigenvalue weighted by molar-refractivity contribution is 5.98. The molecule has 0 aromatic heterocycles. The van der Waals surface area contributed by atoms with Gasteiger partial charge in [-0.1, -0.05) is 12.1 Å². The van der Waals surface area contributed by atoms with Gasteiger partial charge in [-0.25, -0.2) is 0 Å². The summed E-state index contributed by atoms with van der Waals surface area (Å²) in [5, 5.41) is 21.7. The zero-order valence-electron chi connectivity index (χ0n) is 8.77. The molecule has 1 aromatic rings. The minimum Gasteiger partial charge on any atom is -0.395 e. The Morgan fingerprint density at radius 1 is 1.56 bits per heavy atom. The van der Waals surface area contributed by atoms with E-state index in [1.54, 1.807) is 19.1 Å². The number of carbonyl (C=O) groups excluding carboxylic acids is 1. The number of hydrogen-bond donors (Lipinski definition) is 2. The summed E-state index contributed by atoms with van der Waals surface area (Å²) in [6, 6.07) is 4.54. The van der Waals surface area contributed by atoms with Crippen molar-refractivity contribution >= 4 is 11.6 Å². The van der Waals surface area contributed by atoms with Crippen LogP contribution in [0.1, 0.15) is 15.9 Å². The number of para-hydroxylation sites is 1. The summed E-state index contributed by atoms with van der Waals surface area (Å²) in [6.45, 7) is 1.44. The van der Waals surface area contributed by atoms with Gasteiger partial charge in [-0.05, 0) is 13.0 Å². The van der Waals surface area contributed by atoms with E-state index in [4.69, 9.17) is 5.11 Å². The summed E-state index contributed by atoms with van der Waals surface area (Å²) >= 11 is 0. The first-order valence-electron chi connectivity index (χ1n) is 4.71. The van der Waals surface area contributed by atoms with E-state index in [1.807, 2.05) is 0 Å². The SMILES string of the molecule is Cc1cccc(C(=O)NCCO)c1[N+](=O)[O-]. The van der Waals surface area contributed by atoms with Crippen LogP contribution in [0.3, 0.4) is 0 Å². The molecule has 0 unspecified atom stereocenters. The van der Waals surface area contributed by atoms with Crippen LogP contribution in [-0.4, -0.2) is 29.1 Å². The van der Waals surface area contributed by atoms with Gasteiger partial charge in [0.15, 0.2) is 0 Å². The fourth-order valence-electron chi connectivity index (χ4n) is 1.35. The Bertz CT molecular complexity index is 417. The van der Waals surface area contributed by atoms with Crippen molar-refractivity contribution in [1.29, 1.82) is 0 Å². The highest BCUT2D eigenvalue weighted by atomic mass is 16.6. The summed E-state index contributed by atoms with van der Waals surface area (Å²) in [5.74, 6) is -0.551. The van der Waals surface area contributed by atoms with Gasteiger partial charge in [0.1, 0.15) is 5.56 Å². The van der Waals surface area contributed by atoms with Crippen LogP contribution >= 0.6 is 0 Å². The second-order valence-corrected chi connectivity index (χ2v) is 3.21. The number of aliphatic hydroxyl groups is 1. The fourth-order valence-corrected chi connectivity index (χ4v) is 1.35. The van der Waals surface area contributed by atoms with Crippen LogP contribution in [0.25, 0.3) is 0 Å². The van der Waals surface area contributed by atoms with Crippen molar-refractivity contribution in [1.82, 2.24) is 5.32 Å². The molecule has 0 radical (unpaired) electrons. The Morgan fingerprint density at radius 2 is 2.25 bits per heavy atom. The first-order chi connectivity index (χ1) is 7.57. The number of carbonyl (C=O) groups is 1. The van der Waals surface area contributed by atoms with Gasteiger partial charge >= 0.3 is 0 Å². The molecule has 0 saturated carbocycles. The highest BCUT2D eigenvalue weighted by Crippen LogP contribution is 2.22. The molecule has 0 bridgehead atoms. The van der Waals surface area contributed by atoms with E-state index in [1.165, 1.54) is 6.07 Å². The topological polar surface area (TPSA) is 92.5 Å². The molecule has 0 spiro atoms. The van der Waals surface area contributed by atoms with Gasteiger partial charge in [-0.3, -0.25) is 14.9 Å². The second-order valence-electron chi connectivity index (χ2n) is 3.21. The van der Waals surface area contributed by atoms with E-state index in [0.29, 0.717) is 5.56 Å². The molecule has 1 aromatic carbocycles. The maximum atomic E-state index is 11.6. The van der Waals surface area contributed by atoms with Crippen molar-refractivity contribution in [2.45, 2.75) is 6.92 Å². The predicted octanol–water partition coefficient (Wildman–Crippen LogP) is 0.625. The van der Waals surface area contributed by atoms with Gasteiger partial charge in [0.2, 0.25) is 0 Å². The lowest BCUT2D eigenvalue weighted by molar-refractivity contribution is -0.385. The molecular weight excluding hydrogens is 212 g/mol. The van der Waals surface area contributed by atoms with Gasteiger partial charge < -0.3 is 10.4 Å². The average molecular weight is 224 g/mol. The zero-order chi connectivity index (χ0) is 12.1. The monoisotopic (exact) mass is 224 g/mol. The smallest absolute Gasteiger partial charge is 0.285 e. The molecule has 0 aliphatic heterocycles. The molecule has 0 aliphatic carbocycles. The van der Waals surface area contributed by atoms with Crippen molar-refractivity contribution in [2.75, 3.05) is 13.2 Å². The number of amides is 1. The minimum absolute atomic E-state index is 0.0125. The summed E-state index contributed by atoms with van der Waals surface area (Å²) in [5.41, 5.74) is 0.248. The third kappa shape index (κ3) is 2.54. The van der Waals surface area contributed by atoms with E-state index < -0.39 is 10.8 Å². The molecule has 2 N–H and O–H groups in total. The number of nitrogens with one attached hydrogen (secondary N) is 1. The molecule has 6 heteroatoms. The number of nitro benzene ring substituents is 1. The van der Waals surface area contributed by atoms with Crippen LogP contribution in [0, 0.1) is 17.0 Å². The largest absolute Gasteiger partial charge is 0.395 e. The number of nitrogens with zero attached hydrogens (tertiary/aromatic N) is 1. The Hall–Kier alpha value is -1.95. The molecule has 0 heterocycles. The van der Waals surface area contributed by atoms with Crippen molar-refractivity contribution in [3.8, 4) is 0 Å². The zero-order valence-corrected chi connectivity index (χ0v) is 8.77. The number of nitro groups is 1. The van der Waals surface area contributed by atoms with Crippen LogP contribution in [0.2, 0.25) is 0 Å². The van der Waals surface area contributed by atoms with Crippen molar-refractivity contribution < 1.29 is 14.8 Å². The Labute approximate surface area is 92.0 Å². The molecule has 0 atom stereocenters. The molecule has 0 saturated heterocycles. The number of rotatable bonds is 4. The Balaban J connectivity index is 3.08. The number of aliphatic hydroxyl groups excluding tert-OH is 1. The van der Waals surface area contributed by atoms with E-state index in [2.05, 4.69) is 5.32 Å². The molecule has 1 rings (SSSR count). The van der Waals surface area contributed by atoms with Gasteiger partial charge in [0, 0.05) is 12.1 Å². The van der Waals surface area contributed by atoms with Gasteiger partial charge in [0.25, 0.3) is 11.6 Å². The quantitative estimate of drug-likeness (QED) is 0.579. The van der Waals surface area contributed by atoms with E-state index in [9.17, 15) is 14.9 Å². The highest BCUT2D eigenvalue weighted by Gasteiger charge is 2.21. The van der Waals surface area contributed by atoms with E-state index in [-0.39, 0.29) is 24.4 Å². The molecule has 0 aliphatic rings. The summed E-state index contributed by atoms with van der Waals surface area (Å²) in [6.07, 6.45) is 0. The number of hydrogen-bond acceptors (Lipinski definition) is 4. The van der Waals surface area contributed by atoms with Gasteiger partial charge in [-0.15, -0.1) is 0 Å². The summed E-state index contributed by atoms with van der Waals surface area (Å²) in [7, 11) is 0. The summed E-state index contributed by atoms with van der Waals surface area (Å²) < 4.78 is 0. The van der Waals surface area contributed by atoms with Gasteiger partial charge in [0.05, 0.1) is 11.5 Å². The number of aryl methyl sites for hydroxylation is 1. The third-order valence-electron chi connectivity index (χ3n) is 2.06. The normalized spacial score (nSPS) is 9.88. The lowest BCUT2D eigenvalue weighted by atomic mass is 10.1. The average Bonchev–Trinajstić information content (AvgIpc) is 2.24. The third-order valence-corrected chi connectivity index (χ3v) is 2.06. The first-order valence-corrected chi connectivity index (χ1v) is 4.71. The molecule has 16 heavy (non-hydrogen) atoms. The van der Waals surface area contributed by atoms with Crippen LogP contribution in [0.5, 0.6) is 0 Å². The molecule has 86 valence electrons. The predicted molar refractivity (Wildman–Crippen MR) is 57.3 cm³/mol. The molecule has 1 amide bonds. The standard InChI is InChI=1S/C10H12N2O4/c1-7-3-2-4-8(9(7)12(15)16)10(14)11-5-6-13/h2-4,13H,5-6H2,1H3,(H,11,14). The molecule has 0 fully saturated rings. The second kappa shape index (κ2) is 5.22. The van der Waals surface area contributed by atoms with Crippen LogP contribution in [-0.2, 0) is 0 Å². The van der Waals surface area contributed by atoms with E-state index in [0.717, 1.165) is 0 Å². The van der Waals surface area contributed by atoms with Crippen molar-refractivity contribution in [2.24, 2.45) is 0 Å². The Morgan fingerprint density at radius 3 is 2.81 bits per heavy atom. The minimum atomic E-state index is -0.580. The van der Waals surface area contributed by atoms with Crippen LogP contribution in [0.15, 0.2) is 18.2 Å². The molecule has 6 nitrogen and oxygen atoms in total. The van der Waals surface area contributed by atoms with E-state index >= 15 is 0 Å². The summed E-state index contributed by atoms with van der Waals surface area (Å²) in [4.78, 5) is 21.8. The first kappa shape index (κ1) is 12.1. The maximum absolute atomic E-state index is 11.6. The van der Waals surface area contributed by atoms with Crippen LogP contribution < -0.4 is 5.32 Å². The Kier molecular flexibility index (Phi) is 3.96. The van der Waals surface area contributed by atoms with Gasteiger partial charge in [-0.2, -0.15) is 0 Å². The lowest BCUT2D eigenvalue weighted by Crippen LogP contribution is -2.27. The lowest BCUT2D eigenvalue weighted by Gasteiger charge is -2.05. The van der Waals surface area contributed by atoms with Crippen molar-refractivity contribution in [3.05, 3.63) is 39.4 Å². The molecular formula is C10H12N2O4. The fraction of sp³-hybridized carbons (Fsp3) is 0.300. The van der Waals surface area contributed by atoms with Crippen LogP contribution in [0.4, 0.5) is 5.69 Å². The maximum Gasteiger partial charge on any atom is 0.285 e.